The Labute approximate surface area is 121 Å². The van der Waals surface area contributed by atoms with Gasteiger partial charge in [0.25, 0.3) is 0 Å². The molecule has 3 heteroatoms. The van der Waals surface area contributed by atoms with Crippen LogP contribution in [0.1, 0.15) is 31.2 Å². The maximum Gasteiger partial charge on any atom is 0.119 e. The summed E-state index contributed by atoms with van der Waals surface area (Å²) in [7, 11) is 2.17. The van der Waals surface area contributed by atoms with E-state index in [0.29, 0.717) is 6.42 Å². The van der Waals surface area contributed by atoms with Crippen molar-refractivity contribution in [2.45, 2.75) is 31.7 Å². The van der Waals surface area contributed by atoms with Crippen LogP contribution in [-0.2, 0) is 0 Å². The lowest BCUT2D eigenvalue weighted by Gasteiger charge is -2.34. The van der Waals surface area contributed by atoms with Crippen LogP contribution in [0, 0.1) is 11.8 Å². The van der Waals surface area contributed by atoms with Crippen LogP contribution in [0.15, 0.2) is 24.3 Å². The van der Waals surface area contributed by atoms with Gasteiger partial charge in [-0.25, -0.2) is 0 Å². The van der Waals surface area contributed by atoms with Gasteiger partial charge in [0, 0.05) is 24.6 Å². The number of hydrogen-bond acceptors (Lipinski definition) is 3. The smallest absolute Gasteiger partial charge is 0.119 e. The van der Waals surface area contributed by atoms with Crippen molar-refractivity contribution >= 4 is 0 Å². The molecule has 0 spiro atoms. The third-order valence-corrected chi connectivity index (χ3v) is 3.73. The third kappa shape index (κ3) is 4.56. The summed E-state index contributed by atoms with van der Waals surface area (Å²) >= 11 is 0. The molecule has 0 atom stereocenters. The lowest BCUT2D eigenvalue weighted by Crippen LogP contribution is -2.39. The molecule has 0 radical (unpaired) electrons. The summed E-state index contributed by atoms with van der Waals surface area (Å²) in [6, 6.07) is 8.58. The Kier molecular flexibility index (Phi) is 5.91. The number of nitrogens with zero attached hydrogens (tertiary/aromatic N) is 1. The minimum absolute atomic E-state index is 0.114. The molecule has 0 bridgehead atoms. The molecule has 1 N–H and O–H groups in total. The molecule has 2 rings (SSSR count). The van der Waals surface area contributed by atoms with Crippen LogP contribution in [0.3, 0.4) is 0 Å². The first-order chi connectivity index (χ1) is 9.79. The van der Waals surface area contributed by atoms with Crippen LogP contribution in [0.2, 0.25) is 0 Å². The molecule has 1 aromatic rings. The summed E-state index contributed by atoms with van der Waals surface area (Å²) in [6.45, 7) is 1.81. The zero-order chi connectivity index (χ0) is 14.2. The van der Waals surface area contributed by atoms with E-state index in [9.17, 15) is 0 Å². The Bertz CT molecular complexity index is 454. The molecular formula is C17H23NO2. The number of aliphatic hydroxyl groups is 1. The second-order valence-corrected chi connectivity index (χ2v) is 5.21. The number of benzene rings is 1. The normalized spacial score (nSPS) is 14.6. The van der Waals surface area contributed by atoms with Gasteiger partial charge in [-0.2, -0.15) is 0 Å². The summed E-state index contributed by atoms with van der Waals surface area (Å²) in [5, 5.41) is 8.66. The second-order valence-electron chi connectivity index (χ2n) is 5.21. The number of aliphatic hydroxyl groups excluding tert-OH is 1. The van der Waals surface area contributed by atoms with Gasteiger partial charge >= 0.3 is 0 Å². The van der Waals surface area contributed by atoms with E-state index in [4.69, 9.17) is 9.84 Å². The Hall–Kier alpha value is -1.50. The predicted molar refractivity (Wildman–Crippen MR) is 80.8 cm³/mol. The highest BCUT2D eigenvalue weighted by Gasteiger charge is 2.21. The minimum Gasteiger partial charge on any atom is -0.492 e. The van der Waals surface area contributed by atoms with Crippen molar-refractivity contribution in [2.24, 2.45) is 0 Å². The molecule has 20 heavy (non-hydrogen) atoms. The number of likely N-dealkylation sites (N-methyl/N-ethyl adjacent to an activating group) is 1. The summed E-state index contributed by atoms with van der Waals surface area (Å²) < 4.78 is 5.75. The van der Waals surface area contributed by atoms with Gasteiger partial charge in [0.2, 0.25) is 0 Å². The van der Waals surface area contributed by atoms with E-state index < -0.39 is 0 Å². The Morgan fingerprint density at radius 1 is 1.30 bits per heavy atom. The lowest BCUT2D eigenvalue weighted by molar-refractivity contribution is 0.135. The molecule has 0 amide bonds. The van der Waals surface area contributed by atoms with E-state index in [1.807, 2.05) is 24.3 Å². The van der Waals surface area contributed by atoms with E-state index in [-0.39, 0.29) is 6.61 Å². The van der Waals surface area contributed by atoms with Crippen LogP contribution >= 0.6 is 0 Å². The molecule has 1 aliphatic rings. The Morgan fingerprint density at radius 2 is 2.05 bits per heavy atom. The monoisotopic (exact) mass is 273 g/mol. The van der Waals surface area contributed by atoms with Gasteiger partial charge in [0.1, 0.15) is 12.4 Å². The molecule has 0 unspecified atom stereocenters. The molecule has 0 aromatic heterocycles. The van der Waals surface area contributed by atoms with Crippen molar-refractivity contribution < 1.29 is 9.84 Å². The van der Waals surface area contributed by atoms with E-state index >= 15 is 0 Å². The molecular weight excluding hydrogens is 250 g/mol. The van der Waals surface area contributed by atoms with Crippen molar-refractivity contribution in [2.75, 3.05) is 26.8 Å². The molecule has 1 aromatic carbocycles. The molecule has 1 saturated carbocycles. The summed E-state index contributed by atoms with van der Waals surface area (Å²) in [4.78, 5) is 2.39. The SMILES string of the molecule is CN(CCOc1ccc(C#CCCO)cc1)C1CCC1. The number of rotatable bonds is 6. The van der Waals surface area contributed by atoms with Gasteiger partial charge in [-0.05, 0) is 44.2 Å². The molecule has 0 aliphatic heterocycles. The van der Waals surface area contributed by atoms with Gasteiger partial charge in [0.15, 0.2) is 0 Å². The van der Waals surface area contributed by atoms with Crippen molar-refractivity contribution in [3.05, 3.63) is 29.8 Å². The first-order valence-electron chi connectivity index (χ1n) is 7.32. The van der Waals surface area contributed by atoms with Crippen LogP contribution in [0.4, 0.5) is 0 Å². The molecule has 0 heterocycles. The minimum atomic E-state index is 0.114. The van der Waals surface area contributed by atoms with Crippen molar-refractivity contribution in [3.63, 3.8) is 0 Å². The quantitative estimate of drug-likeness (QED) is 0.807. The topological polar surface area (TPSA) is 32.7 Å². The van der Waals surface area contributed by atoms with Crippen molar-refractivity contribution in [1.82, 2.24) is 4.90 Å². The van der Waals surface area contributed by atoms with Crippen LogP contribution in [-0.4, -0.2) is 42.9 Å². The average Bonchev–Trinajstić information content (AvgIpc) is 2.39. The van der Waals surface area contributed by atoms with E-state index in [2.05, 4.69) is 23.8 Å². The average molecular weight is 273 g/mol. The van der Waals surface area contributed by atoms with Gasteiger partial charge in [0.05, 0.1) is 6.61 Å². The van der Waals surface area contributed by atoms with E-state index in [1.165, 1.54) is 19.3 Å². The first kappa shape index (κ1) is 14.9. The predicted octanol–water partition coefficient (Wildman–Crippen LogP) is 2.28. The van der Waals surface area contributed by atoms with Gasteiger partial charge < -0.3 is 14.7 Å². The molecule has 3 nitrogen and oxygen atoms in total. The number of ether oxygens (including phenoxy) is 1. The number of hydrogen-bond donors (Lipinski definition) is 1. The van der Waals surface area contributed by atoms with E-state index in [0.717, 1.165) is 30.5 Å². The molecule has 108 valence electrons. The molecule has 1 fully saturated rings. The van der Waals surface area contributed by atoms with Crippen molar-refractivity contribution in [1.29, 1.82) is 0 Å². The standard InChI is InChI=1S/C17H23NO2/c1-18(16-6-4-7-16)12-14-20-17-10-8-15(9-11-17)5-2-3-13-19/h8-11,16,19H,3-4,6-7,12-14H2,1H3. The maximum absolute atomic E-state index is 8.66. The van der Waals surface area contributed by atoms with Gasteiger partial charge in [-0.1, -0.05) is 18.3 Å². The zero-order valence-corrected chi connectivity index (χ0v) is 12.1. The highest BCUT2D eigenvalue weighted by Crippen LogP contribution is 2.23. The summed E-state index contributed by atoms with van der Waals surface area (Å²) in [5.74, 6) is 6.80. The largest absolute Gasteiger partial charge is 0.492 e. The molecule has 1 aliphatic carbocycles. The zero-order valence-electron chi connectivity index (χ0n) is 12.1. The van der Waals surface area contributed by atoms with E-state index in [1.54, 1.807) is 0 Å². The highest BCUT2D eigenvalue weighted by atomic mass is 16.5. The van der Waals surface area contributed by atoms with Crippen molar-refractivity contribution in [3.8, 4) is 17.6 Å². The van der Waals surface area contributed by atoms with Crippen LogP contribution in [0.5, 0.6) is 5.75 Å². The molecule has 0 saturated heterocycles. The fraction of sp³-hybridized carbons (Fsp3) is 0.529. The second kappa shape index (κ2) is 7.94. The highest BCUT2D eigenvalue weighted by molar-refractivity contribution is 5.38. The fourth-order valence-corrected chi connectivity index (χ4v) is 2.17. The fourth-order valence-electron chi connectivity index (χ4n) is 2.17. The van der Waals surface area contributed by atoms with Crippen LogP contribution < -0.4 is 4.74 Å². The van der Waals surface area contributed by atoms with Crippen LogP contribution in [0.25, 0.3) is 0 Å². The maximum atomic E-state index is 8.66. The van der Waals surface area contributed by atoms with Gasteiger partial charge in [-0.15, -0.1) is 0 Å². The third-order valence-electron chi connectivity index (χ3n) is 3.73. The lowest BCUT2D eigenvalue weighted by atomic mass is 9.92. The summed E-state index contributed by atoms with van der Waals surface area (Å²) in [5.41, 5.74) is 0.956. The van der Waals surface area contributed by atoms with Gasteiger partial charge in [-0.3, -0.25) is 0 Å². The Balaban J connectivity index is 1.72. The first-order valence-corrected chi connectivity index (χ1v) is 7.32. The summed E-state index contributed by atoms with van der Waals surface area (Å²) in [6.07, 6.45) is 4.55. The Morgan fingerprint density at radius 3 is 2.65 bits per heavy atom.